The molecule has 12 heavy (non-hydrogen) atoms. The Bertz CT molecular complexity index is 114. The third-order valence-corrected chi connectivity index (χ3v) is 1.06. The lowest BCUT2D eigenvalue weighted by molar-refractivity contribution is -0.215. The summed E-state index contributed by atoms with van der Waals surface area (Å²) < 4.78 is 14.8. The predicted molar refractivity (Wildman–Crippen MR) is 44.3 cm³/mol. The molecule has 2 unspecified atom stereocenters. The van der Waals surface area contributed by atoms with E-state index < -0.39 is 12.6 Å². The molecule has 0 saturated heterocycles. The van der Waals surface area contributed by atoms with Gasteiger partial charge in [0.1, 0.15) is 6.61 Å². The Kier molecular flexibility index (Phi) is 6.75. The highest BCUT2D eigenvalue weighted by Gasteiger charge is 2.04. The van der Waals surface area contributed by atoms with E-state index in [1.165, 1.54) is 13.2 Å². The Morgan fingerprint density at radius 3 is 2.58 bits per heavy atom. The van der Waals surface area contributed by atoms with Gasteiger partial charge in [0.05, 0.1) is 12.9 Å². The maximum absolute atomic E-state index is 8.78. The van der Waals surface area contributed by atoms with Gasteiger partial charge in [0.15, 0.2) is 12.6 Å². The van der Waals surface area contributed by atoms with E-state index in [1.54, 1.807) is 6.92 Å². The molecule has 0 amide bonds. The van der Waals surface area contributed by atoms with Crippen LogP contribution in [0.5, 0.6) is 0 Å². The fourth-order valence-corrected chi connectivity index (χ4v) is 0.662. The Balaban J connectivity index is 3.19. The molecular weight excluding hydrogens is 160 g/mol. The maximum Gasteiger partial charge on any atom is 0.158 e. The van der Waals surface area contributed by atoms with Crippen LogP contribution >= 0.6 is 0 Å². The molecule has 0 aromatic carbocycles. The van der Waals surface area contributed by atoms with Crippen molar-refractivity contribution in [2.75, 3.05) is 13.2 Å². The zero-order valence-corrected chi connectivity index (χ0v) is 7.53. The number of hydrogen-bond donors (Lipinski definition) is 1. The van der Waals surface area contributed by atoms with Crippen molar-refractivity contribution in [3.8, 4) is 0 Å². The molecule has 4 heteroatoms. The van der Waals surface area contributed by atoms with Crippen molar-refractivity contribution in [3.63, 3.8) is 0 Å². The van der Waals surface area contributed by atoms with Gasteiger partial charge in [-0.1, -0.05) is 6.58 Å². The first-order valence-corrected chi connectivity index (χ1v) is 3.84. The van der Waals surface area contributed by atoms with E-state index in [-0.39, 0.29) is 0 Å². The van der Waals surface area contributed by atoms with E-state index in [0.29, 0.717) is 13.2 Å². The van der Waals surface area contributed by atoms with Crippen molar-refractivity contribution < 1.29 is 19.3 Å². The van der Waals surface area contributed by atoms with Gasteiger partial charge >= 0.3 is 0 Å². The van der Waals surface area contributed by atoms with E-state index in [1.807, 2.05) is 0 Å². The summed E-state index contributed by atoms with van der Waals surface area (Å²) in [5.74, 6) is 0. The molecule has 0 bridgehead atoms. The van der Waals surface area contributed by atoms with Crippen molar-refractivity contribution >= 4 is 0 Å². The summed E-state index contributed by atoms with van der Waals surface area (Å²) in [6.45, 7) is 7.47. The van der Waals surface area contributed by atoms with Gasteiger partial charge in [-0.2, -0.15) is 0 Å². The lowest BCUT2D eigenvalue weighted by atomic mass is 10.6. The molecule has 0 aliphatic carbocycles. The number of rotatable bonds is 7. The SMILES string of the molecule is C=COCCOC(C)OC(C)O. The molecule has 0 rings (SSSR count). The first-order valence-electron chi connectivity index (χ1n) is 3.84. The minimum absolute atomic E-state index is 0.417. The lowest BCUT2D eigenvalue weighted by Crippen LogP contribution is -2.20. The molecule has 0 heterocycles. The standard InChI is InChI=1S/C8H16O4/c1-4-10-5-6-11-8(3)12-7(2)9/h4,7-9H,1,5-6H2,2-3H3. The van der Waals surface area contributed by atoms with Gasteiger partial charge in [-0.05, 0) is 13.8 Å². The van der Waals surface area contributed by atoms with E-state index >= 15 is 0 Å². The molecule has 0 aliphatic rings. The van der Waals surface area contributed by atoms with Gasteiger partial charge in [0.2, 0.25) is 0 Å². The summed E-state index contributed by atoms with van der Waals surface area (Å²) in [6.07, 6.45) is 0.127. The fraction of sp³-hybridized carbons (Fsp3) is 0.750. The van der Waals surface area contributed by atoms with Crippen LogP contribution in [0.25, 0.3) is 0 Å². The zero-order chi connectivity index (χ0) is 9.40. The van der Waals surface area contributed by atoms with Crippen LogP contribution in [0.3, 0.4) is 0 Å². The monoisotopic (exact) mass is 176 g/mol. The second-order valence-corrected chi connectivity index (χ2v) is 2.21. The van der Waals surface area contributed by atoms with Gasteiger partial charge < -0.3 is 19.3 Å². The van der Waals surface area contributed by atoms with E-state index in [4.69, 9.17) is 19.3 Å². The largest absolute Gasteiger partial charge is 0.499 e. The van der Waals surface area contributed by atoms with Crippen LogP contribution in [0, 0.1) is 0 Å². The average Bonchev–Trinajstić information content (AvgIpc) is 1.97. The van der Waals surface area contributed by atoms with Crippen molar-refractivity contribution in [1.82, 2.24) is 0 Å². The van der Waals surface area contributed by atoms with E-state index in [2.05, 4.69) is 6.58 Å². The highest BCUT2D eigenvalue weighted by molar-refractivity contribution is 4.47. The van der Waals surface area contributed by atoms with Crippen LogP contribution < -0.4 is 0 Å². The van der Waals surface area contributed by atoms with Crippen molar-refractivity contribution in [2.24, 2.45) is 0 Å². The second kappa shape index (κ2) is 7.09. The van der Waals surface area contributed by atoms with Gasteiger partial charge in [0, 0.05) is 0 Å². The van der Waals surface area contributed by atoms with Crippen LogP contribution in [-0.2, 0) is 14.2 Å². The first kappa shape index (κ1) is 11.4. The van der Waals surface area contributed by atoms with Crippen LogP contribution in [0.4, 0.5) is 0 Å². The first-order chi connectivity index (χ1) is 5.66. The minimum Gasteiger partial charge on any atom is -0.499 e. The molecule has 2 atom stereocenters. The predicted octanol–water partition coefficient (Wildman–Crippen LogP) is 0.864. The molecule has 0 aromatic rings. The summed E-state index contributed by atoms with van der Waals surface area (Å²) >= 11 is 0. The van der Waals surface area contributed by atoms with Crippen LogP contribution in [0.1, 0.15) is 13.8 Å². The van der Waals surface area contributed by atoms with Crippen LogP contribution in [0.15, 0.2) is 12.8 Å². The Morgan fingerprint density at radius 1 is 1.42 bits per heavy atom. The molecular formula is C8H16O4. The Hall–Kier alpha value is -0.580. The highest BCUT2D eigenvalue weighted by Crippen LogP contribution is 1.96. The van der Waals surface area contributed by atoms with Crippen molar-refractivity contribution in [2.45, 2.75) is 26.4 Å². The smallest absolute Gasteiger partial charge is 0.158 e. The Labute approximate surface area is 72.7 Å². The van der Waals surface area contributed by atoms with Crippen LogP contribution in [0.2, 0.25) is 0 Å². The molecule has 0 aromatic heterocycles. The number of ether oxygens (including phenoxy) is 3. The van der Waals surface area contributed by atoms with Gasteiger partial charge in [0.25, 0.3) is 0 Å². The summed E-state index contributed by atoms with van der Waals surface area (Å²) in [4.78, 5) is 0. The molecule has 0 radical (unpaired) electrons. The molecule has 0 spiro atoms. The normalized spacial score (nSPS) is 15.2. The van der Waals surface area contributed by atoms with Gasteiger partial charge in [-0.25, -0.2) is 0 Å². The van der Waals surface area contributed by atoms with Crippen LogP contribution in [-0.4, -0.2) is 30.9 Å². The third kappa shape index (κ3) is 7.53. The van der Waals surface area contributed by atoms with E-state index in [0.717, 1.165) is 0 Å². The number of aliphatic hydroxyl groups excluding tert-OH is 1. The van der Waals surface area contributed by atoms with Gasteiger partial charge in [-0.3, -0.25) is 0 Å². The molecule has 72 valence electrons. The van der Waals surface area contributed by atoms with E-state index in [9.17, 15) is 0 Å². The fourth-order valence-electron chi connectivity index (χ4n) is 0.662. The summed E-state index contributed by atoms with van der Waals surface area (Å²) in [7, 11) is 0. The highest BCUT2D eigenvalue weighted by atomic mass is 16.7. The zero-order valence-electron chi connectivity index (χ0n) is 7.53. The number of hydrogen-bond acceptors (Lipinski definition) is 4. The number of aliphatic hydroxyl groups is 1. The summed E-state index contributed by atoms with van der Waals surface area (Å²) in [5.41, 5.74) is 0. The summed E-state index contributed by atoms with van der Waals surface area (Å²) in [6, 6.07) is 0. The topological polar surface area (TPSA) is 47.9 Å². The Morgan fingerprint density at radius 2 is 2.08 bits per heavy atom. The molecule has 4 nitrogen and oxygen atoms in total. The maximum atomic E-state index is 8.78. The second-order valence-electron chi connectivity index (χ2n) is 2.21. The third-order valence-electron chi connectivity index (χ3n) is 1.06. The molecule has 0 aliphatic heterocycles. The molecule has 0 fully saturated rings. The van der Waals surface area contributed by atoms with Gasteiger partial charge in [-0.15, -0.1) is 0 Å². The summed E-state index contributed by atoms with van der Waals surface area (Å²) in [5, 5.41) is 8.78. The van der Waals surface area contributed by atoms with Crippen molar-refractivity contribution in [3.05, 3.63) is 12.8 Å². The minimum atomic E-state index is -0.805. The average molecular weight is 176 g/mol. The quantitative estimate of drug-likeness (QED) is 0.355. The lowest BCUT2D eigenvalue weighted by Gasteiger charge is -2.15. The molecule has 1 N–H and O–H groups in total. The van der Waals surface area contributed by atoms with Crippen molar-refractivity contribution in [1.29, 1.82) is 0 Å². The molecule has 0 saturated carbocycles.